The summed E-state index contributed by atoms with van der Waals surface area (Å²) in [5.74, 6) is 1.20. The van der Waals surface area contributed by atoms with Crippen LogP contribution in [0.2, 0.25) is 5.02 Å². The summed E-state index contributed by atoms with van der Waals surface area (Å²) < 4.78 is 8.13. The Morgan fingerprint density at radius 3 is 2.45 bits per heavy atom. The Bertz CT molecular complexity index is 1330. The fourth-order valence-corrected chi connectivity index (χ4v) is 4.31. The molecule has 1 N–H and O–H groups in total. The molecule has 0 atom stereocenters. The Kier molecular flexibility index (Phi) is 7.27. The first-order chi connectivity index (χ1) is 15.9. The van der Waals surface area contributed by atoms with Crippen LogP contribution in [-0.2, 0) is 0 Å². The third kappa shape index (κ3) is 5.71. The van der Waals surface area contributed by atoms with Gasteiger partial charge in [0, 0.05) is 26.8 Å². The second-order valence-corrected chi connectivity index (χ2v) is 9.09. The molecule has 166 valence electrons. The normalized spacial score (nSPS) is 11.5. The van der Waals surface area contributed by atoms with Crippen LogP contribution in [0.5, 0.6) is 11.5 Å². The summed E-state index contributed by atoms with van der Waals surface area (Å²) in [6.45, 7) is 0. The van der Waals surface area contributed by atoms with Crippen LogP contribution in [0.1, 0.15) is 11.1 Å². The molecule has 0 amide bonds. The molecule has 0 aliphatic carbocycles. The Morgan fingerprint density at radius 2 is 1.76 bits per heavy atom. The Hall–Kier alpha value is -2.94. The van der Waals surface area contributed by atoms with E-state index in [0.717, 1.165) is 21.3 Å². The molecule has 0 spiro atoms. The molecule has 4 aromatic rings. The minimum Gasteiger partial charge on any atom is -0.506 e. The predicted molar refractivity (Wildman–Crippen MR) is 139 cm³/mol. The molecule has 0 saturated heterocycles. The van der Waals surface area contributed by atoms with Gasteiger partial charge in [0.1, 0.15) is 11.5 Å². The van der Waals surface area contributed by atoms with Crippen molar-refractivity contribution in [3.8, 4) is 22.8 Å². The van der Waals surface area contributed by atoms with Crippen molar-refractivity contribution in [2.75, 3.05) is 7.11 Å². The standard InChI is InChI=1S/C24H17Br2ClN4O2/c1-33-20-8-2-15(3-9-20)12-29-31-14-22(16-4-6-19(27)7-5-16)30-24(31)28-13-17-10-18(25)11-21(26)23(17)32/h2-14,32H,1H3/b28-13?,29-12-. The van der Waals surface area contributed by atoms with Crippen LogP contribution in [0, 0.1) is 0 Å². The summed E-state index contributed by atoms with van der Waals surface area (Å²) in [6.07, 6.45) is 5.03. The highest BCUT2D eigenvalue weighted by Crippen LogP contribution is 2.31. The largest absolute Gasteiger partial charge is 0.506 e. The van der Waals surface area contributed by atoms with Gasteiger partial charge < -0.3 is 9.84 Å². The molecular formula is C24H17Br2ClN4O2. The first kappa shape index (κ1) is 23.2. The molecule has 0 unspecified atom stereocenters. The van der Waals surface area contributed by atoms with E-state index in [0.29, 0.717) is 26.7 Å². The van der Waals surface area contributed by atoms with Gasteiger partial charge in [0.2, 0.25) is 0 Å². The number of aromatic hydroxyl groups is 1. The van der Waals surface area contributed by atoms with Gasteiger partial charge in [-0.15, -0.1) is 0 Å². The summed E-state index contributed by atoms with van der Waals surface area (Å²) in [5, 5.41) is 15.5. The minimum absolute atomic E-state index is 0.0831. The smallest absolute Gasteiger partial charge is 0.251 e. The zero-order valence-corrected chi connectivity index (χ0v) is 21.2. The first-order valence-corrected chi connectivity index (χ1v) is 11.6. The highest BCUT2D eigenvalue weighted by Gasteiger charge is 2.10. The lowest BCUT2D eigenvalue weighted by atomic mass is 10.2. The number of nitrogens with zero attached hydrogens (tertiary/aromatic N) is 4. The van der Waals surface area contributed by atoms with Crippen molar-refractivity contribution < 1.29 is 9.84 Å². The van der Waals surface area contributed by atoms with E-state index in [1.54, 1.807) is 48.5 Å². The van der Waals surface area contributed by atoms with Crippen molar-refractivity contribution in [3.63, 3.8) is 0 Å². The lowest BCUT2D eigenvalue weighted by Crippen LogP contribution is -1.91. The molecule has 9 heteroatoms. The number of imidazole rings is 1. The van der Waals surface area contributed by atoms with Crippen LogP contribution in [0.25, 0.3) is 11.3 Å². The molecule has 4 rings (SSSR count). The molecule has 0 aliphatic heterocycles. The second kappa shape index (κ2) is 10.3. The van der Waals surface area contributed by atoms with Crippen molar-refractivity contribution in [2.45, 2.75) is 0 Å². The maximum absolute atomic E-state index is 10.3. The number of hydrogen-bond donors (Lipinski definition) is 1. The molecule has 0 aliphatic rings. The summed E-state index contributed by atoms with van der Waals surface area (Å²) in [4.78, 5) is 9.11. The maximum atomic E-state index is 10.3. The number of rotatable bonds is 6. The molecular weight excluding hydrogens is 572 g/mol. The zero-order valence-electron chi connectivity index (χ0n) is 17.3. The third-order valence-corrected chi connectivity index (χ3v) is 5.95. The summed E-state index contributed by atoms with van der Waals surface area (Å²) in [6, 6.07) is 18.4. The van der Waals surface area contributed by atoms with Gasteiger partial charge in [-0.1, -0.05) is 39.7 Å². The lowest BCUT2D eigenvalue weighted by molar-refractivity contribution is 0.415. The van der Waals surface area contributed by atoms with Gasteiger partial charge in [-0.2, -0.15) is 5.10 Å². The number of aliphatic imine (C=N–C) groups is 1. The van der Waals surface area contributed by atoms with E-state index < -0.39 is 0 Å². The molecule has 0 radical (unpaired) electrons. The van der Waals surface area contributed by atoms with Gasteiger partial charge in [0.25, 0.3) is 5.95 Å². The van der Waals surface area contributed by atoms with E-state index in [4.69, 9.17) is 16.3 Å². The number of phenols is 1. The van der Waals surface area contributed by atoms with Crippen LogP contribution < -0.4 is 4.74 Å². The maximum Gasteiger partial charge on any atom is 0.251 e. The van der Waals surface area contributed by atoms with E-state index in [-0.39, 0.29) is 5.75 Å². The van der Waals surface area contributed by atoms with Crippen LogP contribution >= 0.6 is 43.5 Å². The average Bonchev–Trinajstić information content (AvgIpc) is 3.23. The summed E-state index contributed by atoms with van der Waals surface area (Å²) >= 11 is 12.8. The van der Waals surface area contributed by atoms with Gasteiger partial charge in [-0.25, -0.2) is 14.7 Å². The molecule has 0 bridgehead atoms. The number of aromatic nitrogens is 2. The average molecular weight is 589 g/mol. The van der Waals surface area contributed by atoms with Gasteiger partial charge in [-0.05, 0) is 70.0 Å². The fourth-order valence-electron chi connectivity index (χ4n) is 2.92. The Labute approximate surface area is 212 Å². The zero-order chi connectivity index (χ0) is 23.4. The highest BCUT2D eigenvalue weighted by atomic mass is 79.9. The molecule has 6 nitrogen and oxygen atoms in total. The SMILES string of the molecule is COc1ccc(/C=N\n2cc(-c3ccc(Cl)cc3)nc2N=Cc2cc(Br)cc(Br)c2O)cc1. The molecule has 33 heavy (non-hydrogen) atoms. The summed E-state index contributed by atoms with van der Waals surface area (Å²) in [5.41, 5.74) is 2.98. The molecule has 1 heterocycles. The highest BCUT2D eigenvalue weighted by molar-refractivity contribution is 9.11. The van der Waals surface area contributed by atoms with Crippen molar-refractivity contribution in [1.82, 2.24) is 9.66 Å². The van der Waals surface area contributed by atoms with Gasteiger partial charge >= 0.3 is 0 Å². The van der Waals surface area contributed by atoms with Crippen molar-refractivity contribution in [1.29, 1.82) is 0 Å². The van der Waals surface area contributed by atoms with Crippen LogP contribution in [-0.4, -0.2) is 34.3 Å². The number of ether oxygens (including phenoxy) is 1. The third-order valence-electron chi connectivity index (χ3n) is 4.63. The van der Waals surface area contributed by atoms with Crippen LogP contribution in [0.3, 0.4) is 0 Å². The summed E-state index contributed by atoms with van der Waals surface area (Å²) in [7, 11) is 1.62. The van der Waals surface area contributed by atoms with E-state index >= 15 is 0 Å². The van der Waals surface area contributed by atoms with E-state index in [1.165, 1.54) is 6.21 Å². The van der Waals surface area contributed by atoms with Crippen LogP contribution in [0.15, 0.2) is 85.9 Å². The van der Waals surface area contributed by atoms with Crippen molar-refractivity contribution in [3.05, 3.63) is 92.0 Å². The molecule has 3 aromatic carbocycles. The molecule has 0 fully saturated rings. The minimum atomic E-state index is 0.0831. The first-order valence-electron chi connectivity index (χ1n) is 9.69. The van der Waals surface area contributed by atoms with E-state index in [1.807, 2.05) is 36.4 Å². The van der Waals surface area contributed by atoms with E-state index in [2.05, 4.69) is 46.9 Å². The number of phenolic OH excluding ortho intramolecular Hbond substituents is 1. The van der Waals surface area contributed by atoms with Gasteiger partial charge in [0.05, 0.1) is 29.7 Å². The van der Waals surface area contributed by atoms with Crippen LogP contribution in [0.4, 0.5) is 5.95 Å². The second-order valence-electron chi connectivity index (χ2n) is 6.88. The monoisotopic (exact) mass is 586 g/mol. The Morgan fingerprint density at radius 1 is 1.03 bits per heavy atom. The number of benzene rings is 3. The number of methoxy groups -OCH3 is 1. The number of halogens is 3. The number of hydrogen-bond acceptors (Lipinski definition) is 5. The molecule has 1 aromatic heterocycles. The van der Waals surface area contributed by atoms with Gasteiger partial charge in [0.15, 0.2) is 0 Å². The fraction of sp³-hybridized carbons (Fsp3) is 0.0417. The quantitative estimate of drug-likeness (QED) is 0.245. The van der Waals surface area contributed by atoms with Crippen molar-refractivity contribution in [2.24, 2.45) is 10.1 Å². The van der Waals surface area contributed by atoms with Crippen molar-refractivity contribution >= 4 is 61.8 Å². The Balaban J connectivity index is 1.72. The topological polar surface area (TPSA) is 72.0 Å². The van der Waals surface area contributed by atoms with Gasteiger partial charge in [-0.3, -0.25) is 0 Å². The van der Waals surface area contributed by atoms with E-state index in [9.17, 15) is 5.11 Å². The predicted octanol–water partition coefficient (Wildman–Crippen LogP) is 7.08. The molecule has 0 saturated carbocycles. The lowest BCUT2D eigenvalue weighted by Gasteiger charge is -2.03.